The molecule has 0 radical (unpaired) electrons. The van der Waals surface area contributed by atoms with E-state index in [0.29, 0.717) is 0 Å². The van der Waals surface area contributed by atoms with Gasteiger partial charge in [0.1, 0.15) is 0 Å². The molecule has 0 atom stereocenters. The standard InChI is InChI=1S/C12H11N.C4H11NO3/c13-12-8-4-7-11(9-12)10-5-2-1-3-6-10;5-4(1-6,2-7)3-8/h1-9H,13H2;6-8H,1-3,5H2. The van der Waals surface area contributed by atoms with E-state index >= 15 is 0 Å². The molecular weight excluding hydrogens is 268 g/mol. The molecule has 114 valence electrons. The van der Waals surface area contributed by atoms with E-state index in [1.54, 1.807) is 0 Å². The van der Waals surface area contributed by atoms with Crippen molar-refractivity contribution in [3.8, 4) is 11.1 Å². The average molecular weight is 290 g/mol. The highest BCUT2D eigenvalue weighted by atomic mass is 16.3. The van der Waals surface area contributed by atoms with E-state index in [0.717, 1.165) is 5.69 Å². The summed E-state index contributed by atoms with van der Waals surface area (Å²) in [6.45, 7) is -1.21. The highest BCUT2D eigenvalue weighted by Gasteiger charge is 2.20. The van der Waals surface area contributed by atoms with Crippen LogP contribution in [0.2, 0.25) is 0 Å². The van der Waals surface area contributed by atoms with Crippen LogP contribution >= 0.6 is 0 Å². The van der Waals surface area contributed by atoms with Crippen LogP contribution in [0.1, 0.15) is 0 Å². The molecule has 0 saturated heterocycles. The topological polar surface area (TPSA) is 113 Å². The second-order valence-corrected chi connectivity index (χ2v) is 4.83. The van der Waals surface area contributed by atoms with Crippen molar-refractivity contribution in [2.45, 2.75) is 5.54 Å². The van der Waals surface area contributed by atoms with Gasteiger partial charge in [-0.25, -0.2) is 0 Å². The number of hydrogen-bond acceptors (Lipinski definition) is 5. The summed E-state index contributed by atoms with van der Waals surface area (Å²) < 4.78 is 0. The fourth-order valence-corrected chi connectivity index (χ4v) is 1.50. The third kappa shape index (κ3) is 5.53. The fraction of sp³-hybridized carbons (Fsp3) is 0.250. The minimum absolute atomic E-state index is 0.403. The Kier molecular flexibility index (Phi) is 6.84. The lowest BCUT2D eigenvalue weighted by Gasteiger charge is -2.20. The van der Waals surface area contributed by atoms with E-state index in [1.165, 1.54) is 11.1 Å². The summed E-state index contributed by atoms with van der Waals surface area (Å²) in [5.74, 6) is 0. The summed E-state index contributed by atoms with van der Waals surface area (Å²) in [5, 5.41) is 25.0. The van der Waals surface area contributed by atoms with Gasteiger partial charge >= 0.3 is 0 Å². The first-order chi connectivity index (χ1) is 10.0. The number of nitrogens with two attached hydrogens (primary N) is 2. The number of aliphatic hydroxyl groups excluding tert-OH is 3. The molecule has 2 rings (SSSR count). The second-order valence-electron chi connectivity index (χ2n) is 4.83. The van der Waals surface area contributed by atoms with Crippen molar-refractivity contribution >= 4 is 5.69 Å². The Morgan fingerprint density at radius 3 is 1.71 bits per heavy atom. The molecule has 0 spiro atoms. The zero-order valence-electron chi connectivity index (χ0n) is 11.8. The zero-order chi connectivity index (χ0) is 15.7. The van der Waals surface area contributed by atoms with Gasteiger partial charge in [0, 0.05) is 5.69 Å². The predicted molar refractivity (Wildman–Crippen MR) is 84.5 cm³/mol. The summed E-state index contributed by atoms with van der Waals surface area (Å²) >= 11 is 0. The molecule has 5 nitrogen and oxygen atoms in total. The van der Waals surface area contributed by atoms with Crippen LogP contribution in [0.4, 0.5) is 5.69 Å². The zero-order valence-corrected chi connectivity index (χ0v) is 11.8. The van der Waals surface area contributed by atoms with Gasteiger partial charge in [-0.05, 0) is 23.3 Å². The molecule has 2 aromatic rings. The molecule has 0 aromatic heterocycles. The van der Waals surface area contributed by atoms with Crippen molar-refractivity contribution in [1.29, 1.82) is 0 Å². The van der Waals surface area contributed by atoms with Gasteiger partial charge in [0.05, 0.1) is 25.4 Å². The van der Waals surface area contributed by atoms with Crippen LogP contribution in [-0.2, 0) is 0 Å². The summed E-state index contributed by atoms with van der Waals surface area (Å²) in [6, 6.07) is 18.1. The quantitative estimate of drug-likeness (QED) is 0.529. The van der Waals surface area contributed by atoms with E-state index in [1.807, 2.05) is 36.4 Å². The molecule has 0 saturated carbocycles. The van der Waals surface area contributed by atoms with Gasteiger partial charge < -0.3 is 26.8 Å². The molecule has 0 aliphatic heterocycles. The second kappa shape index (κ2) is 8.39. The molecular formula is C16H22N2O3. The van der Waals surface area contributed by atoms with Crippen molar-refractivity contribution in [3.63, 3.8) is 0 Å². The molecule has 0 unspecified atom stereocenters. The normalized spacial score (nSPS) is 10.7. The van der Waals surface area contributed by atoms with Gasteiger partial charge in [0.15, 0.2) is 0 Å². The number of rotatable bonds is 4. The Labute approximate surface area is 124 Å². The van der Waals surface area contributed by atoms with Gasteiger partial charge in [-0.3, -0.25) is 0 Å². The Bertz CT molecular complexity index is 520. The smallest absolute Gasteiger partial charge is 0.0856 e. The van der Waals surface area contributed by atoms with Crippen molar-refractivity contribution in [1.82, 2.24) is 0 Å². The Balaban J connectivity index is 0.000000240. The van der Waals surface area contributed by atoms with Crippen LogP contribution in [0.25, 0.3) is 11.1 Å². The maximum absolute atomic E-state index is 8.34. The summed E-state index contributed by atoms with van der Waals surface area (Å²) in [4.78, 5) is 0. The fourth-order valence-electron chi connectivity index (χ4n) is 1.50. The first-order valence-corrected chi connectivity index (χ1v) is 6.57. The molecule has 2 aromatic carbocycles. The van der Waals surface area contributed by atoms with E-state index < -0.39 is 25.4 Å². The van der Waals surface area contributed by atoms with Crippen molar-refractivity contribution in [2.24, 2.45) is 5.73 Å². The molecule has 7 N–H and O–H groups in total. The largest absolute Gasteiger partial charge is 0.399 e. The Hall–Kier alpha value is -1.92. The lowest BCUT2D eigenvalue weighted by molar-refractivity contribution is 0.0698. The Morgan fingerprint density at radius 2 is 1.29 bits per heavy atom. The third-order valence-corrected chi connectivity index (χ3v) is 2.94. The van der Waals surface area contributed by atoms with Crippen molar-refractivity contribution in [2.75, 3.05) is 25.6 Å². The van der Waals surface area contributed by atoms with Crippen LogP contribution in [0, 0.1) is 0 Å². The van der Waals surface area contributed by atoms with Gasteiger partial charge in [0.25, 0.3) is 0 Å². The van der Waals surface area contributed by atoms with Gasteiger partial charge in [-0.15, -0.1) is 0 Å². The third-order valence-electron chi connectivity index (χ3n) is 2.94. The highest BCUT2D eigenvalue weighted by Crippen LogP contribution is 2.20. The van der Waals surface area contributed by atoms with Gasteiger partial charge in [-0.2, -0.15) is 0 Å². The van der Waals surface area contributed by atoms with Crippen molar-refractivity contribution in [3.05, 3.63) is 54.6 Å². The number of hydrogen-bond donors (Lipinski definition) is 5. The van der Waals surface area contributed by atoms with E-state index in [-0.39, 0.29) is 0 Å². The molecule has 0 bridgehead atoms. The van der Waals surface area contributed by atoms with Crippen molar-refractivity contribution < 1.29 is 15.3 Å². The van der Waals surface area contributed by atoms with E-state index in [4.69, 9.17) is 26.8 Å². The summed E-state index contributed by atoms with van der Waals surface area (Å²) in [5.41, 5.74) is 12.8. The summed E-state index contributed by atoms with van der Waals surface area (Å²) in [6.07, 6.45) is 0. The maximum Gasteiger partial charge on any atom is 0.0856 e. The molecule has 0 amide bonds. The maximum atomic E-state index is 8.34. The predicted octanol–water partition coefficient (Wildman–Crippen LogP) is 0.597. The lowest BCUT2D eigenvalue weighted by Crippen LogP contribution is -2.50. The Morgan fingerprint density at radius 1 is 0.762 bits per heavy atom. The van der Waals surface area contributed by atoms with Crippen LogP contribution in [0.15, 0.2) is 54.6 Å². The van der Waals surface area contributed by atoms with Crippen LogP contribution in [0.5, 0.6) is 0 Å². The molecule has 0 heterocycles. The number of nitrogen functional groups attached to an aromatic ring is 1. The SMILES string of the molecule is NC(CO)(CO)CO.Nc1cccc(-c2ccccc2)c1. The average Bonchev–Trinajstić information content (AvgIpc) is 2.55. The number of anilines is 1. The monoisotopic (exact) mass is 290 g/mol. The minimum atomic E-state index is -1.21. The molecule has 21 heavy (non-hydrogen) atoms. The van der Waals surface area contributed by atoms with E-state index in [2.05, 4.69) is 18.2 Å². The van der Waals surface area contributed by atoms with Crippen LogP contribution < -0.4 is 11.5 Å². The molecule has 5 heteroatoms. The number of benzene rings is 2. The van der Waals surface area contributed by atoms with Gasteiger partial charge in [0.2, 0.25) is 0 Å². The molecule has 0 aliphatic carbocycles. The lowest BCUT2D eigenvalue weighted by atomic mass is 10.1. The van der Waals surface area contributed by atoms with Crippen LogP contribution in [0.3, 0.4) is 0 Å². The first-order valence-electron chi connectivity index (χ1n) is 6.57. The summed E-state index contributed by atoms with van der Waals surface area (Å²) in [7, 11) is 0. The minimum Gasteiger partial charge on any atom is -0.399 e. The van der Waals surface area contributed by atoms with Gasteiger partial charge in [-0.1, -0.05) is 42.5 Å². The first kappa shape index (κ1) is 17.1. The van der Waals surface area contributed by atoms with E-state index in [9.17, 15) is 0 Å². The van der Waals surface area contributed by atoms with Crippen LogP contribution in [-0.4, -0.2) is 40.7 Å². The molecule has 0 aliphatic rings. The number of aliphatic hydroxyl groups is 3. The highest BCUT2D eigenvalue weighted by molar-refractivity contribution is 5.66. The molecule has 0 fully saturated rings.